The zero-order chi connectivity index (χ0) is 14.1. The third-order valence-electron chi connectivity index (χ3n) is 3.41. The summed E-state index contributed by atoms with van der Waals surface area (Å²) in [5.74, 6) is 0. The first-order chi connectivity index (χ1) is 9.13. The maximum Gasteiger partial charge on any atom is 0.0806 e. The highest BCUT2D eigenvalue weighted by atomic mass is 16.5. The van der Waals surface area contributed by atoms with Gasteiger partial charge in [-0.3, -0.25) is 0 Å². The molecule has 0 aromatic carbocycles. The largest absolute Gasteiger partial charge is 0.390 e. The zero-order valence-corrected chi connectivity index (χ0v) is 11.8. The Kier molecular flexibility index (Phi) is 7.82. The number of methoxy groups -OCH3 is 2. The van der Waals surface area contributed by atoms with Gasteiger partial charge in [0.15, 0.2) is 0 Å². The molecular weight excluding hydrogens is 252 g/mol. The Balaban J connectivity index is 2.39. The second-order valence-corrected chi connectivity index (χ2v) is 5.13. The van der Waals surface area contributed by atoms with Crippen LogP contribution in [0.3, 0.4) is 0 Å². The molecule has 0 amide bonds. The molecular formula is C13H26O6. The SMILES string of the molecule is COCCOCC1(COCCOC)CC(O)C(O)C1. The molecule has 0 aromatic heterocycles. The third kappa shape index (κ3) is 5.72. The Morgan fingerprint density at radius 1 is 0.842 bits per heavy atom. The summed E-state index contributed by atoms with van der Waals surface area (Å²) in [5.41, 5.74) is -0.319. The van der Waals surface area contributed by atoms with Crippen LogP contribution in [0.15, 0.2) is 0 Å². The molecule has 0 saturated heterocycles. The summed E-state index contributed by atoms with van der Waals surface area (Å²) in [6, 6.07) is 0. The fraction of sp³-hybridized carbons (Fsp3) is 1.00. The van der Waals surface area contributed by atoms with E-state index in [1.807, 2.05) is 0 Å². The van der Waals surface area contributed by atoms with Gasteiger partial charge in [0.05, 0.1) is 51.8 Å². The Morgan fingerprint density at radius 2 is 1.26 bits per heavy atom. The van der Waals surface area contributed by atoms with E-state index in [9.17, 15) is 10.2 Å². The van der Waals surface area contributed by atoms with Crippen molar-refractivity contribution in [2.24, 2.45) is 5.41 Å². The molecule has 0 bridgehead atoms. The van der Waals surface area contributed by atoms with Crippen molar-refractivity contribution in [2.75, 3.05) is 53.9 Å². The Morgan fingerprint density at radius 3 is 1.63 bits per heavy atom. The van der Waals surface area contributed by atoms with Gasteiger partial charge in [-0.2, -0.15) is 0 Å². The van der Waals surface area contributed by atoms with Gasteiger partial charge in [-0.1, -0.05) is 0 Å². The summed E-state index contributed by atoms with van der Waals surface area (Å²) < 4.78 is 21.0. The molecule has 19 heavy (non-hydrogen) atoms. The van der Waals surface area contributed by atoms with E-state index < -0.39 is 12.2 Å². The van der Waals surface area contributed by atoms with E-state index >= 15 is 0 Å². The van der Waals surface area contributed by atoms with E-state index in [1.54, 1.807) is 14.2 Å². The van der Waals surface area contributed by atoms with Gasteiger partial charge in [-0.25, -0.2) is 0 Å². The molecule has 0 aromatic rings. The van der Waals surface area contributed by atoms with Crippen molar-refractivity contribution in [1.82, 2.24) is 0 Å². The van der Waals surface area contributed by atoms with E-state index in [2.05, 4.69) is 0 Å². The van der Waals surface area contributed by atoms with Crippen LogP contribution in [0.5, 0.6) is 0 Å². The lowest BCUT2D eigenvalue weighted by Gasteiger charge is -2.28. The molecule has 0 spiro atoms. The molecule has 2 unspecified atom stereocenters. The maximum atomic E-state index is 9.73. The van der Waals surface area contributed by atoms with Crippen LogP contribution in [-0.2, 0) is 18.9 Å². The van der Waals surface area contributed by atoms with E-state index in [-0.39, 0.29) is 5.41 Å². The topological polar surface area (TPSA) is 77.4 Å². The minimum atomic E-state index is -0.697. The van der Waals surface area contributed by atoms with Crippen LogP contribution in [0.1, 0.15) is 12.8 Å². The van der Waals surface area contributed by atoms with Crippen molar-refractivity contribution in [3.05, 3.63) is 0 Å². The number of hydrogen-bond acceptors (Lipinski definition) is 6. The molecule has 1 fully saturated rings. The summed E-state index contributed by atoms with van der Waals surface area (Å²) in [6.45, 7) is 2.98. The first-order valence-electron chi connectivity index (χ1n) is 6.63. The Labute approximate surface area is 114 Å². The van der Waals surface area contributed by atoms with Crippen molar-refractivity contribution in [1.29, 1.82) is 0 Å². The van der Waals surface area contributed by atoms with Crippen molar-refractivity contribution in [3.8, 4) is 0 Å². The van der Waals surface area contributed by atoms with Gasteiger partial charge >= 0.3 is 0 Å². The van der Waals surface area contributed by atoms with Crippen LogP contribution in [-0.4, -0.2) is 76.3 Å². The second kappa shape index (κ2) is 8.84. The van der Waals surface area contributed by atoms with Crippen LogP contribution in [0.2, 0.25) is 0 Å². The Bertz CT molecular complexity index is 211. The summed E-state index contributed by atoms with van der Waals surface area (Å²) in [4.78, 5) is 0. The van der Waals surface area contributed by atoms with E-state index in [1.165, 1.54) is 0 Å². The fourth-order valence-corrected chi connectivity index (χ4v) is 2.38. The normalized spacial score (nSPS) is 25.9. The summed E-state index contributed by atoms with van der Waals surface area (Å²) in [7, 11) is 3.24. The molecule has 0 heterocycles. The summed E-state index contributed by atoms with van der Waals surface area (Å²) in [5, 5.41) is 19.5. The summed E-state index contributed by atoms with van der Waals surface area (Å²) >= 11 is 0. The average molecular weight is 278 g/mol. The molecule has 6 nitrogen and oxygen atoms in total. The molecule has 114 valence electrons. The molecule has 0 aliphatic heterocycles. The Hall–Kier alpha value is -0.240. The molecule has 1 aliphatic carbocycles. The molecule has 6 heteroatoms. The van der Waals surface area contributed by atoms with Gasteiger partial charge in [0.1, 0.15) is 0 Å². The number of aliphatic hydroxyl groups is 2. The predicted octanol–water partition coefficient (Wildman–Crippen LogP) is -0.186. The van der Waals surface area contributed by atoms with Crippen LogP contribution in [0.4, 0.5) is 0 Å². The molecule has 2 N–H and O–H groups in total. The average Bonchev–Trinajstić information content (AvgIpc) is 2.67. The van der Waals surface area contributed by atoms with E-state index in [0.29, 0.717) is 52.5 Å². The van der Waals surface area contributed by atoms with Crippen LogP contribution in [0.25, 0.3) is 0 Å². The molecule has 1 saturated carbocycles. The quantitative estimate of drug-likeness (QED) is 0.540. The minimum Gasteiger partial charge on any atom is -0.390 e. The molecule has 0 radical (unpaired) electrons. The van der Waals surface area contributed by atoms with Crippen LogP contribution < -0.4 is 0 Å². The van der Waals surface area contributed by atoms with Gasteiger partial charge in [0, 0.05) is 19.6 Å². The van der Waals surface area contributed by atoms with Gasteiger partial charge in [0.25, 0.3) is 0 Å². The zero-order valence-electron chi connectivity index (χ0n) is 11.8. The third-order valence-corrected chi connectivity index (χ3v) is 3.41. The predicted molar refractivity (Wildman–Crippen MR) is 69.1 cm³/mol. The van der Waals surface area contributed by atoms with Gasteiger partial charge in [-0.15, -0.1) is 0 Å². The summed E-state index contributed by atoms with van der Waals surface area (Å²) in [6.07, 6.45) is -0.406. The van der Waals surface area contributed by atoms with Crippen LogP contribution in [0, 0.1) is 5.41 Å². The standard InChI is InChI=1S/C13H26O6/c1-16-3-5-18-9-13(10-19-6-4-17-2)7-11(14)12(15)8-13/h11-12,14-15H,3-10H2,1-2H3. The fourth-order valence-electron chi connectivity index (χ4n) is 2.38. The van der Waals surface area contributed by atoms with E-state index in [4.69, 9.17) is 18.9 Å². The number of rotatable bonds is 10. The highest BCUT2D eigenvalue weighted by Gasteiger charge is 2.44. The molecule has 1 rings (SSSR count). The monoisotopic (exact) mass is 278 g/mol. The highest BCUT2D eigenvalue weighted by molar-refractivity contribution is 4.94. The van der Waals surface area contributed by atoms with Gasteiger partial charge in [-0.05, 0) is 12.8 Å². The van der Waals surface area contributed by atoms with Crippen LogP contribution >= 0.6 is 0 Å². The lowest BCUT2D eigenvalue weighted by molar-refractivity contribution is -0.0442. The number of aliphatic hydroxyl groups excluding tert-OH is 2. The smallest absolute Gasteiger partial charge is 0.0806 e. The first-order valence-corrected chi connectivity index (χ1v) is 6.63. The lowest BCUT2D eigenvalue weighted by Crippen LogP contribution is -2.32. The van der Waals surface area contributed by atoms with Gasteiger partial charge in [0.2, 0.25) is 0 Å². The minimum absolute atomic E-state index is 0.319. The molecule has 1 aliphatic rings. The van der Waals surface area contributed by atoms with Crippen molar-refractivity contribution in [2.45, 2.75) is 25.0 Å². The van der Waals surface area contributed by atoms with Gasteiger partial charge < -0.3 is 29.2 Å². The second-order valence-electron chi connectivity index (χ2n) is 5.13. The van der Waals surface area contributed by atoms with Crippen molar-refractivity contribution in [3.63, 3.8) is 0 Å². The number of ether oxygens (including phenoxy) is 4. The number of hydrogen-bond donors (Lipinski definition) is 2. The van der Waals surface area contributed by atoms with Crippen molar-refractivity contribution >= 4 is 0 Å². The molecule has 2 atom stereocenters. The van der Waals surface area contributed by atoms with Crippen molar-refractivity contribution < 1.29 is 29.2 Å². The van der Waals surface area contributed by atoms with E-state index in [0.717, 1.165) is 0 Å². The lowest BCUT2D eigenvalue weighted by atomic mass is 9.88. The highest BCUT2D eigenvalue weighted by Crippen LogP contribution is 2.39. The first kappa shape index (κ1) is 16.8. The maximum absolute atomic E-state index is 9.73.